The summed E-state index contributed by atoms with van der Waals surface area (Å²) in [7, 11) is -9.82. The Morgan fingerprint density at radius 2 is 1.18 bits per heavy atom. The fourth-order valence-corrected chi connectivity index (χ4v) is 12.2. The summed E-state index contributed by atoms with van der Waals surface area (Å²) in [6.07, 6.45) is -5.30. The van der Waals surface area contributed by atoms with Gasteiger partial charge in [-0.25, -0.2) is 58.0 Å². The standard InChI is InChI=1S/C42H49N15O19P2/c1-17-7-53(27-3-19(60)25(73-27)11-69-77(65,66)75-21-5-29(71-23(21)9-58)52-8-18(2)39(62)51-41(52)63)42(64)57-35(17)49-34-40(57)56-16-48-37-32(38(56)50-34)47-15-55(37)30-6-22(24(10-59)72-30)76-78(67,68)70-12-26-20(61)4-28(74-26)54-14-46-31-33(43)44-13-45-36(31)54/h7-8,13-16,19-30,58-61H,3-6,9-12H2,1-2H3,(H,65,66)(H,67,68)(H2,43,44,45)(H,51,62,63)/t19-,20-,21-,22-,23+,24+,25+,26+,27+,28+,29+,30+/m0/s1. The molecule has 2 unspecified atom stereocenters. The van der Waals surface area contributed by atoms with E-state index in [2.05, 4.69) is 34.9 Å². The van der Waals surface area contributed by atoms with Gasteiger partial charge in [-0.3, -0.25) is 50.5 Å². The fraction of sp³-hybridized carbons (Fsp3) is 0.524. The van der Waals surface area contributed by atoms with Crippen LogP contribution in [0.3, 0.4) is 0 Å². The van der Waals surface area contributed by atoms with Gasteiger partial charge in [-0.2, -0.15) is 0 Å². The highest BCUT2D eigenvalue weighted by atomic mass is 31.2. The SMILES string of the molecule is Cc1cn([C@H]2C[C@H](OP(=O)(O)OC[C@H]3O[C@@H](n4cc(C)c5nc6nc7c8ncn([C@H]9C[C@H](OP(=O)(O)OC[C@H]%10O[C@@H](n%11cnc%12c(N)ncnc%12%11)C[C@@H]%10O)[C@@H](CO)O9)c8ncn7c6n5c4=O)C[C@@H]3O)[C@@H](CO)O2)c(=O)[nH]c1=O. The van der Waals surface area contributed by atoms with E-state index in [0.29, 0.717) is 16.7 Å². The van der Waals surface area contributed by atoms with Gasteiger partial charge in [0.15, 0.2) is 39.6 Å². The minimum atomic E-state index is -4.95. The highest BCUT2D eigenvalue weighted by molar-refractivity contribution is 7.47. The van der Waals surface area contributed by atoms with Gasteiger partial charge in [-0.15, -0.1) is 0 Å². The van der Waals surface area contributed by atoms with Gasteiger partial charge in [0.25, 0.3) is 5.56 Å². The lowest BCUT2D eigenvalue weighted by Gasteiger charge is -2.22. The predicted molar refractivity (Wildman–Crippen MR) is 259 cm³/mol. The average Bonchev–Trinajstić information content (AvgIpc) is 4.31. The first kappa shape index (κ1) is 52.4. The third-order valence-corrected chi connectivity index (χ3v) is 16.1. The van der Waals surface area contributed by atoms with Crippen LogP contribution in [0.4, 0.5) is 5.82 Å². The van der Waals surface area contributed by atoms with E-state index >= 15 is 0 Å². The summed E-state index contributed by atoms with van der Waals surface area (Å²) >= 11 is 0. The first-order chi connectivity index (χ1) is 37.3. The molecule has 0 saturated carbocycles. The van der Waals surface area contributed by atoms with Crippen LogP contribution >= 0.6 is 15.6 Å². The Labute approximate surface area is 434 Å². The van der Waals surface area contributed by atoms with Crippen LogP contribution in [0.15, 0.2) is 52.1 Å². The molecule has 14 atom stereocenters. The summed E-state index contributed by atoms with van der Waals surface area (Å²) in [4.78, 5) is 93.3. The molecule has 12 rings (SSSR count). The number of nitrogen functional groups attached to an aromatic ring is 1. The van der Waals surface area contributed by atoms with Crippen molar-refractivity contribution in [1.29, 1.82) is 0 Å². The van der Waals surface area contributed by atoms with Crippen LogP contribution in [0.1, 0.15) is 61.7 Å². The number of fused-ring (bicyclic) bond motifs is 8. The average molecular weight is 1130 g/mol. The van der Waals surface area contributed by atoms with E-state index in [1.807, 2.05) is 0 Å². The second-order valence-electron chi connectivity index (χ2n) is 19.1. The van der Waals surface area contributed by atoms with Crippen LogP contribution in [-0.2, 0) is 46.2 Å². The molecule has 8 aromatic rings. The summed E-state index contributed by atoms with van der Waals surface area (Å²) in [6.45, 7) is 0.697. The van der Waals surface area contributed by atoms with Crippen molar-refractivity contribution in [2.75, 3.05) is 32.2 Å². The van der Waals surface area contributed by atoms with Gasteiger partial charge in [0, 0.05) is 49.2 Å². The number of nitrogens with one attached hydrogen (secondary N) is 1. The van der Waals surface area contributed by atoms with Crippen LogP contribution in [0, 0.1) is 13.8 Å². The maximum atomic E-state index is 14.4. The summed E-state index contributed by atoms with van der Waals surface area (Å²) < 4.78 is 79.9. The van der Waals surface area contributed by atoms with Crippen LogP contribution in [0.25, 0.3) is 44.9 Å². The molecular formula is C42H49N15O19P2. The number of aliphatic hydroxyl groups excluding tert-OH is 4. The third kappa shape index (κ3) is 9.24. The van der Waals surface area contributed by atoms with Crippen molar-refractivity contribution < 1.29 is 76.4 Å². The number of nitrogens with two attached hydrogens (primary N) is 1. The number of hydrogen-bond donors (Lipinski definition) is 8. The van der Waals surface area contributed by atoms with Gasteiger partial charge in [0.2, 0.25) is 0 Å². The quantitative estimate of drug-likeness (QED) is 0.0510. The second kappa shape index (κ2) is 19.8. The Kier molecular flexibility index (Phi) is 13.3. The summed E-state index contributed by atoms with van der Waals surface area (Å²) in [5.41, 5.74) is 6.57. The molecule has 4 aliphatic heterocycles. The monoisotopic (exact) mass is 1130 g/mol. The zero-order valence-electron chi connectivity index (χ0n) is 40.8. The Morgan fingerprint density at radius 3 is 1.79 bits per heavy atom. The Hall–Kier alpha value is -6.30. The number of hydrogen-bond acceptors (Lipinski definition) is 25. The number of rotatable bonds is 16. The highest BCUT2D eigenvalue weighted by Gasteiger charge is 2.46. The molecular weight excluding hydrogens is 1080 g/mol. The largest absolute Gasteiger partial charge is 0.472 e. The van der Waals surface area contributed by atoms with Crippen molar-refractivity contribution in [1.82, 2.24) is 66.9 Å². The van der Waals surface area contributed by atoms with E-state index < -0.39 is 133 Å². The number of phosphoric acid groups is 2. The minimum absolute atomic E-state index is 0.0762. The van der Waals surface area contributed by atoms with E-state index in [1.54, 1.807) is 11.5 Å². The summed E-state index contributed by atoms with van der Waals surface area (Å²) in [6, 6.07) is 0. The van der Waals surface area contributed by atoms with Gasteiger partial charge in [-0.1, -0.05) is 0 Å². The number of aromatic amines is 1. The second-order valence-corrected chi connectivity index (χ2v) is 21.9. The number of ether oxygens (including phenoxy) is 4. The maximum absolute atomic E-state index is 14.4. The van der Waals surface area contributed by atoms with Crippen LogP contribution in [-0.4, -0.2) is 172 Å². The molecule has 34 nitrogen and oxygen atoms in total. The first-order valence-electron chi connectivity index (χ1n) is 24.2. The molecule has 4 aliphatic rings. The lowest BCUT2D eigenvalue weighted by atomic mass is 10.2. The van der Waals surface area contributed by atoms with Gasteiger partial charge in [-0.05, 0) is 13.8 Å². The summed E-state index contributed by atoms with van der Waals surface area (Å²) in [5, 5.41) is 42.0. The van der Waals surface area contributed by atoms with E-state index in [1.165, 1.54) is 62.6 Å². The number of H-pyrrole nitrogens is 1. The number of nitrogens with zero attached hydrogens (tertiary/aromatic N) is 13. The van der Waals surface area contributed by atoms with E-state index in [4.69, 9.17) is 47.8 Å². The molecule has 36 heteroatoms. The zero-order valence-corrected chi connectivity index (χ0v) is 42.6. The van der Waals surface area contributed by atoms with Gasteiger partial charge in [0.05, 0.1) is 51.3 Å². The van der Waals surface area contributed by atoms with Crippen LogP contribution < -0.4 is 22.7 Å². The Bertz CT molecular complexity index is 3930. The molecule has 12 heterocycles. The lowest BCUT2D eigenvalue weighted by Crippen LogP contribution is -2.33. The fourth-order valence-electron chi connectivity index (χ4n) is 10.3. The minimum Gasteiger partial charge on any atom is -0.394 e. The topological polar surface area (TPSA) is 441 Å². The molecule has 0 aliphatic carbocycles. The molecule has 78 heavy (non-hydrogen) atoms. The van der Waals surface area contributed by atoms with Gasteiger partial charge in [0.1, 0.15) is 85.4 Å². The van der Waals surface area contributed by atoms with Crippen LogP contribution in [0.5, 0.6) is 0 Å². The number of anilines is 1. The Balaban J connectivity index is 0.715. The zero-order chi connectivity index (χ0) is 54.7. The van der Waals surface area contributed by atoms with Crippen molar-refractivity contribution in [3.05, 3.63) is 80.2 Å². The van der Waals surface area contributed by atoms with E-state index in [-0.39, 0.29) is 70.8 Å². The number of phosphoric ester groups is 2. The van der Waals surface area contributed by atoms with Crippen molar-refractivity contribution in [3.63, 3.8) is 0 Å². The van der Waals surface area contributed by atoms with Crippen molar-refractivity contribution in [3.8, 4) is 0 Å². The normalized spacial score (nSPS) is 29.3. The molecule has 416 valence electrons. The lowest BCUT2D eigenvalue weighted by molar-refractivity contribution is -0.0576. The molecule has 4 saturated heterocycles. The smallest absolute Gasteiger partial charge is 0.394 e. The molecule has 0 spiro atoms. The maximum Gasteiger partial charge on any atom is 0.472 e. The molecule has 9 N–H and O–H groups in total. The van der Waals surface area contributed by atoms with Crippen molar-refractivity contribution >= 4 is 66.4 Å². The summed E-state index contributed by atoms with van der Waals surface area (Å²) in [5.74, 6) is 0.158. The molecule has 0 bridgehead atoms. The molecule has 0 aromatic carbocycles. The Morgan fingerprint density at radius 1 is 0.654 bits per heavy atom. The van der Waals surface area contributed by atoms with Gasteiger partial charge < -0.3 is 54.9 Å². The predicted octanol–water partition coefficient (Wildman–Crippen LogP) is -1.51. The number of aliphatic hydroxyl groups is 4. The van der Waals surface area contributed by atoms with E-state index in [9.17, 15) is 53.7 Å². The van der Waals surface area contributed by atoms with Crippen molar-refractivity contribution in [2.45, 2.75) is 113 Å². The highest BCUT2D eigenvalue weighted by Crippen LogP contribution is 2.51. The van der Waals surface area contributed by atoms with Gasteiger partial charge >= 0.3 is 27.0 Å². The molecule has 8 aromatic heterocycles. The number of aryl methyl sites for hydroxylation is 2. The van der Waals surface area contributed by atoms with E-state index in [0.717, 1.165) is 4.57 Å². The number of aromatic nitrogens is 14. The molecule has 0 radical (unpaired) electrons. The third-order valence-electron chi connectivity index (χ3n) is 14.1. The molecule has 0 amide bonds. The first-order valence-corrected chi connectivity index (χ1v) is 27.2. The van der Waals surface area contributed by atoms with Crippen molar-refractivity contribution in [2.24, 2.45) is 0 Å². The van der Waals surface area contributed by atoms with Crippen LogP contribution in [0.2, 0.25) is 0 Å². The number of imidazole rings is 4. The molecule has 4 fully saturated rings.